The topological polar surface area (TPSA) is 81.4 Å². The van der Waals surface area contributed by atoms with Crippen molar-refractivity contribution in [3.05, 3.63) is 53.6 Å². The molecule has 0 spiro atoms. The molecule has 0 fully saturated rings. The van der Waals surface area contributed by atoms with E-state index >= 15 is 0 Å². The van der Waals surface area contributed by atoms with Crippen LogP contribution in [0.4, 0.5) is 11.4 Å². The summed E-state index contributed by atoms with van der Waals surface area (Å²) in [5.74, 6) is 0.449. The number of benzene rings is 2. The maximum Gasteiger partial charge on any atom is 0.224 e. The molecule has 0 radical (unpaired) electrons. The van der Waals surface area contributed by atoms with E-state index in [4.69, 9.17) is 10.5 Å². The van der Waals surface area contributed by atoms with Crippen LogP contribution in [0.3, 0.4) is 0 Å². The van der Waals surface area contributed by atoms with Crippen LogP contribution in [-0.4, -0.2) is 18.3 Å². The van der Waals surface area contributed by atoms with E-state index in [1.165, 1.54) is 0 Å². The predicted molar refractivity (Wildman–Crippen MR) is 95.4 cm³/mol. The molecule has 2 rings (SSSR count). The van der Waals surface area contributed by atoms with Crippen molar-refractivity contribution in [2.45, 2.75) is 26.7 Å². The lowest BCUT2D eigenvalue weighted by Crippen LogP contribution is -2.14. The summed E-state index contributed by atoms with van der Waals surface area (Å²) in [7, 11) is 0. The number of aryl methyl sites for hydroxylation is 1. The van der Waals surface area contributed by atoms with Crippen molar-refractivity contribution in [2.24, 2.45) is 0 Å². The lowest BCUT2D eigenvalue weighted by Gasteiger charge is -2.09. The quantitative estimate of drug-likeness (QED) is 0.602. The summed E-state index contributed by atoms with van der Waals surface area (Å²) in [6, 6.07) is 12.3. The highest BCUT2D eigenvalue weighted by molar-refractivity contribution is 6.00. The molecule has 126 valence electrons. The van der Waals surface area contributed by atoms with Crippen LogP contribution in [0.5, 0.6) is 5.75 Å². The van der Waals surface area contributed by atoms with Gasteiger partial charge < -0.3 is 15.8 Å². The summed E-state index contributed by atoms with van der Waals surface area (Å²) >= 11 is 0. The van der Waals surface area contributed by atoms with E-state index in [9.17, 15) is 9.59 Å². The number of nitrogens with one attached hydrogen (secondary N) is 1. The fourth-order valence-corrected chi connectivity index (χ4v) is 2.26. The van der Waals surface area contributed by atoms with Crippen molar-refractivity contribution in [2.75, 3.05) is 17.7 Å². The fraction of sp³-hybridized carbons (Fsp3) is 0.263. The standard InChI is InChI=1S/C19H22N2O3/c1-3-24-16-8-5-14(6-9-16)18(22)10-11-19(23)21-17-12-15(20)7-4-13(17)2/h4-9,12H,3,10-11,20H2,1-2H3,(H,21,23). The van der Waals surface area contributed by atoms with Gasteiger partial charge in [-0.25, -0.2) is 0 Å². The molecule has 0 aliphatic heterocycles. The third kappa shape index (κ3) is 4.84. The zero-order valence-corrected chi connectivity index (χ0v) is 14.0. The molecule has 2 aromatic rings. The maximum atomic E-state index is 12.2. The highest BCUT2D eigenvalue weighted by Gasteiger charge is 2.11. The van der Waals surface area contributed by atoms with E-state index in [0.29, 0.717) is 23.5 Å². The van der Waals surface area contributed by atoms with E-state index in [1.807, 2.05) is 19.9 Å². The largest absolute Gasteiger partial charge is 0.494 e. The minimum absolute atomic E-state index is 0.0718. The third-order valence-electron chi connectivity index (χ3n) is 3.60. The predicted octanol–water partition coefficient (Wildman–Crippen LogP) is 3.58. The Bertz CT molecular complexity index is 724. The van der Waals surface area contributed by atoms with Gasteiger partial charge in [-0.2, -0.15) is 0 Å². The molecular formula is C19H22N2O3. The third-order valence-corrected chi connectivity index (χ3v) is 3.60. The monoisotopic (exact) mass is 326 g/mol. The Balaban J connectivity index is 1.88. The molecule has 1 amide bonds. The van der Waals surface area contributed by atoms with Crippen molar-refractivity contribution in [1.82, 2.24) is 0 Å². The number of hydrogen-bond acceptors (Lipinski definition) is 4. The number of Topliss-reactive ketones (excluding diaryl/α,β-unsaturated/α-hetero) is 1. The molecule has 5 heteroatoms. The minimum atomic E-state index is -0.206. The normalized spacial score (nSPS) is 10.2. The Morgan fingerprint density at radius 2 is 1.79 bits per heavy atom. The van der Waals surface area contributed by atoms with Crippen LogP contribution in [0, 0.1) is 6.92 Å². The van der Waals surface area contributed by atoms with E-state index in [2.05, 4.69) is 5.32 Å². The van der Waals surface area contributed by atoms with Gasteiger partial charge in [0.1, 0.15) is 5.75 Å². The number of amides is 1. The first-order valence-corrected chi connectivity index (χ1v) is 7.91. The number of hydrogen-bond donors (Lipinski definition) is 2. The summed E-state index contributed by atoms with van der Waals surface area (Å²) in [5, 5.41) is 2.79. The van der Waals surface area contributed by atoms with Gasteiger partial charge in [-0.15, -0.1) is 0 Å². The molecule has 0 saturated carbocycles. The van der Waals surface area contributed by atoms with E-state index < -0.39 is 0 Å². The van der Waals surface area contributed by atoms with Gasteiger partial charge in [-0.3, -0.25) is 9.59 Å². The second-order valence-corrected chi connectivity index (χ2v) is 5.50. The molecule has 24 heavy (non-hydrogen) atoms. The number of anilines is 2. The molecule has 5 nitrogen and oxygen atoms in total. The van der Waals surface area contributed by atoms with E-state index in [0.717, 1.165) is 11.3 Å². The van der Waals surface area contributed by atoms with E-state index in [-0.39, 0.29) is 24.5 Å². The second-order valence-electron chi connectivity index (χ2n) is 5.50. The lowest BCUT2D eigenvalue weighted by atomic mass is 10.1. The molecule has 0 saturated heterocycles. The Kier molecular flexibility index (Phi) is 5.95. The zero-order chi connectivity index (χ0) is 17.5. The Morgan fingerprint density at radius 1 is 1.08 bits per heavy atom. The van der Waals surface area contributed by atoms with Gasteiger partial charge >= 0.3 is 0 Å². The average molecular weight is 326 g/mol. The highest BCUT2D eigenvalue weighted by atomic mass is 16.5. The van der Waals surface area contributed by atoms with Crippen molar-refractivity contribution in [3.8, 4) is 5.75 Å². The molecule has 0 atom stereocenters. The first-order valence-electron chi connectivity index (χ1n) is 7.91. The molecule has 0 heterocycles. The highest BCUT2D eigenvalue weighted by Crippen LogP contribution is 2.19. The Morgan fingerprint density at radius 3 is 2.46 bits per heavy atom. The van der Waals surface area contributed by atoms with Crippen LogP contribution >= 0.6 is 0 Å². The molecule has 0 unspecified atom stereocenters. The van der Waals surface area contributed by atoms with Crippen molar-refractivity contribution in [1.29, 1.82) is 0 Å². The van der Waals surface area contributed by atoms with Crippen LogP contribution in [0.1, 0.15) is 35.7 Å². The molecule has 0 aliphatic carbocycles. The van der Waals surface area contributed by atoms with Crippen LogP contribution in [-0.2, 0) is 4.79 Å². The average Bonchev–Trinajstić information content (AvgIpc) is 2.57. The summed E-state index contributed by atoms with van der Waals surface area (Å²) < 4.78 is 5.34. The van der Waals surface area contributed by atoms with Crippen LogP contribution < -0.4 is 15.8 Å². The number of carbonyl (C=O) groups is 2. The van der Waals surface area contributed by atoms with Gasteiger partial charge in [0.15, 0.2) is 5.78 Å². The summed E-state index contributed by atoms with van der Waals surface area (Å²) in [6.07, 6.45) is 0.279. The molecule has 0 aliphatic rings. The number of nitrogens with two attached hydrogens (primary N) is 1. The molecule has 0 bridgehead atoms. The van der Waals surface area contributed by atoms with E-state index in [1.54, 1.807) is 36.4 Å². The number of ether oxygens (including phenoxy) is 1. The lowest BCUT2D eigenvalue weighted by molar-refractivity contribution is -0.116. The van der Waals surface area contributed by atoms with Crippen molar-refractivity contribution in [3.63, 3.8) is 0 Å². The summed E-state index contributed by atoms with van der Waals surface area (Å²) in [5.41, 5.74) is 8.48. The van der Waals surface area contributed by atoms with Gasteiger partial charge in [0.2, 0.25) is 5.91 Å². The smallest absolute Gasteiger partial charge is 0.224 e. The van der Waals surface area contributed by atoms with Crippen LogP contribution in [0.15, 0.2) is 42.5 Å². The van der Waals surface area contributed by atoms with Crippen molar-refractivity contribution < 1.29 is 14.3 Å². The van der Waals surface area contributed by atoms with Gasteiger partial charge in [0.25, 0.3) is 0 Å². The van der Waals surface area contributed by atoms with Gasteiger partial charge in [0, 0.05) is 29.8 Å². The summed E-state index contributed by atoms with van der Waals surface area (Å²) in [6.45, 7) is 4.37. The molecule has 3 N–H and O–H groups in total. The van der Waals surface area contributed by atoms with Crippen LogP contribution in [0.2, 0.25) is 0 Å². The second kappa shape index (κ2) is 8.15. The Hall–Kier alpha value is -2.82. The number of carbonyl (C=O) groups excluding carboxylic acids is 2. The SMILES string of the molecule is CCOc1ccc(C(=O)CCC(=O)Nc2cc(N)ccc2C)cc1. The van der Waals surface area contributed by atoms with Gasteiger partial charge in [-0.1, -0.05) is 6.07 Å². The first kappa shape index (κ1) is 17.5. The van der Waals surface area contributed by atoms with Crippen molar-refractivity contribution >= 4 is 23.1 Å². The summed E-state index contributed by atoms with van der Waals surface area (Å²) in [4.78, 5) is 24.2. The Labute approximate surface area is 141 Å². The first-order chi connectivity index (χ1) is 11.5. The molecular weight excluding hydrogens is 304 g/mol. The number of rotatable bonds is 7. The number of ketones is 1. The minimum Gasteiger partial charge on any atom is -0.494 e. The molecule has 0 aromatic heterocycles. The van der Waals surface area contributed by atoms with Gasteiger partial charge in [-0.05, 0) is 55.8 Å². The van der Waals surface area contributed by atoms with Crippen LogP contribution in [0.25, 0.3) is 0 Å². The van der Waals surface area contributed by atoms with Gasteiger partial charge in [0.05, 0.1) is 6.61 Å². The fourth-order valence-electron chi connectivity index (χ4n) is 2.26. The number of nitrogen functional groups attached to an aromatic ring is 1. The molecule has 2 aromatic carbocycles. The zero-order valence-electron chi connectivity index (χ0n) is 14.0. The maximum absolute atomic E-state index is 12.2.